The summed E-state index contributed by atoms with van der Waals surface area (Å²) >= 11 is 0. The van der Waals surface area contributed by atoms with Crippen LogP contribution < -0.4 is 0 Å². The second-order valence-electron chi connectivity index (χ2n) is 5.58. The summed E-state index contributed by atoms with van der Waals surface area (Å²) in [6.07, 6.45) is -1.32. The Bertz CT molecular complexity index is 402. The van der Waals surface area contributed by atoms with E-state index in [0.717, 1.165) is 12.8 Å². The largest absolute Gasteiger partial charge is 0.401 e. The van der Waals surface area contributed by atoms with Gasteiger partial charge in [-0.3, -0.25) is 9.69 Å². The van der Waals surface area contributed by atoms with Crippen molar-refractivity contribution in [2.75, 3.05) is 32.7 Å². The molecule has 1 saturated heterocycles. The summed E-state index contributed by atoms with van der Waals surface area (Å²) in [6, 6.07) is 2.14. The first-order valence-corrected chi connectivity index (χ1v) is 6.86. The highest BCUT2D eigenvalue weighted by atomic mass is 19.4. The number of rotatable bonds is 2. The Morgan fingerprint density at radius 3 is 2.15 bits per heavy atom. The van der Waals surface area contributed by atoms with Crippen LogP contribution in [-0.4, -0.2) is 54.6 Å². The van der Waals surface area contributed by atoms with Crippen molar-refractivity contribution in [1.82, 2.24) is 9.80 Å². The fourth-order valence-corrected chi connectivity index (χ4v) is 3.02. The van der Waals surface area contributed by atoms with Crippen LogP contribution in [0.3, 0.4) is 0 Å². The van der Waals surface area contributed by atoms with E-state index in [0.29, 0.717) is 12.8 Å². The van der Waals surface area contributed by atoms with E-state index in [1.165, 1.54) is 4.90 Å². The molecule has 2 rings (SSSR count). The number of nitriles is 1. The predicted molar refractivity (Wildman–Crippen MR) is 65.6 cm³/mol. The lowest BCUT2D eigenvalue weighted by molar-refractivity contribution is -0.153. The zero-order valence-electron chi connectivity index (χ0n) is 11.2. The van der Waals surface area contributed by atoms with Gasteiger partial charge in [-0.1, -0.05) is 12.8 Å². The molecule has 20 heavy (non-hydrogen) atoms. The first-order chi connectivity index (χ1) is 9.36. The molecule has 7 heteroatoms. The van der Waals surface area contributed by atoms with Crippen LogP contribution in [0.5, 0.6) is 0 Å². The van der Waals surface area contributed by atoms with E-state index in [1.807, 2.05) is 0 Å². The van der Waals surface area contributed by atoms with Crippen LogP contribution in [0, 0.1) is 16.7 Å². The van der Waals surface area contributed by atoms with Crippen molar-refractivity contribution in [3.05, 3.63) is 0 Å². The number of carbonyl (C=O) groups is 1. The van der Waals surface area contributed by atoms with E-state index in [4.69, 9.17) is 0 Å². The molecular weight excluding hydrogens is 271 g/mol. The summed E-state index contributed by atoms with van der Waals surface area (Å²) in [5, 5.41) is 9.27. The maximum Gasteiger partial charge on any atom is 0.401 e. The van der Waals surface area contributed by atoms with Crippen molar-refractivity contribution < 1.29 is 18.0 Å². The molecule has 0 aromatic heterocycles. The fraction of sp³-hybridized carbons (Fsp3) is 0.846. The van der Waals surface area contributed by atoms with Gasteiger partial charge < -0.3 is 4.90 Å². The molecule has 0 spiro atoms. The zero-order valence-corrected chi connectivity index (χ0v) is 11.2. The van der Waals surface area contributed by atoms with Gasteiger partial charge in [0.05, 0.1) is 12.6 Å². The molecule has 1 saturated carbocycles. The van der Waals surface area contributed by atoms with Gasteiger partial charge in [0.15, 0.2) is 0 Å². The molecule has 0 aromatic carbocycles. The third-order valence-corrected chi connectivity index (χ3v) is 4.14. The van der Waals surface area contributed by atoms with Crippen LogP contribution in [-0.2, 0) is 4.79 Å². The van der Waals surface area contributed by atoms with E-state index in [1.54, 1.807) is 4.90 Å². The molecule has 0 unspecified atom stereocenters. The number of piperazine rings is 1. The Morgan fingerprint density at radius 1 is 1.15 bits per heavy atom. The summed E-state index contributed by atoms with van der Waals surface area (Å²) in [6.45, 7) is 0.0502. The molecule has 0 atom stereocenters. The Morgan fingerprint density at radius 2 is 1.70 bits per heavy atom. The van der Waals surface area contributed by atoms with Crippen LogP contribution in [0.15, 0.2) is 0 Å². The van der Waals surface area contributed by atoms with Gasteiger partial charge in [0.2, 0.25) is 5.91 Å². The number of halogens is 3. The molecule has 1 heterocycles. The van der Waals surface area contributed by atoms with E-state index in [-0.39, 0.29) is 32.1 Å². The Hall–Kier alpha value is -1.29. The summed E-state index contributed by atoms with van der Waals surface area (Å²) in [5.41, 5.74) is -0.924. The normalized spacial score (nSPS) is 23.6. The smallest absolute Gasteiger partial charge is 0.339 e. The highest BCUT2D eigenvalue weighted by Gasteiger charge is 2.44. The van der Waals surface area contributed by atoms with E-state index in [2.05, 4.69) is 6.07 Å². The average molecular weight is 289 g/mol. The molecule has 0 N–H and O–H groups in total. The number of carbonyl (C=O) groups excluding carboxylic acids is 1. The molecule has 0 radical (unpaired) electrons. The van der Waals surface area contributed by atoms with Gasteiger partial charge in [-0.2, -0.15) is 18.4 Å². The number of alkyl halides is 3. The molecule has 0 aromatic rings. The van der Waals surface area contributed by atoms with Gasteiger partial charge in [-0.15, -0.1) is 0 Å². The fourth-order valence-electron chi connectivity index (χ4n) is 3.02. The molecule has 0 bridgehead atoms. The third-order valence-electron chi connectivity index (χ3n) is 4.14. The Kier molecular flexibility index (Phi) is 4.23. The summed E-state index contributed by atoms with van der Waals surface area (Å²) in [5.74, 6) is -0.191. The minimum Gasteiger partial charge on any atom is -0.339 e. The average Bonchev–Trinajstić information content (AvgIpc) is 2.87. The first kappa shape index (κ1) is 15.1. The molecular formula is C13H18F3N3O. The minimum atomic E-state index is -4.20. The van der Waals surface area contributed by atoms with Gasteiger partial charge in [0.1, 0.15) is 5.41 Å². The quantitative estimate of drug-likeness (QED) is 0.778. The van der Waals surface area contributed by atoms with Crippen molar-refractivity contribution >= 4 is 5.91 Å². The van der Waals surface area contributed by atoms with Gasteiger partial charge in [0.25, 0.3) is 0 Å². The van der Waals surface area contributed by atoms with Crippen molar-refractivity contribution in [2.45, 2.75) is 31.9 Å². The van der Waals surface area contributed by atoms with Gasteiger partial charge in [0, 0.05) is 26.2 Å². The number of amides is 1. The minimum absolute atomic E-state index is 0.191. The van der Waals surface area contributed by atoms with E-state index in [9.17, 15) is 23.2 Å². The number of hydrogen-bond acceptors (Lipinski definition) is 3. The molecule has 1 amide bonds. The second kappa shape index (κ2) is 5.60. The van der Waals surface area contributed by atoms with Crippen LogP contribution in [0.4, 0.5) is 13.2 Å². The molecule has 2 aliphatic rings. The molecule has 112 valence electrons. The Balaban J connectivity index is 1.91. The van der Waals surface area contributed by atoms with Crippen LogP contribution >= 0.6 is 0 Å². The van der Waals surface area contributed by atoms with Crippen molar-refractivity contribution in [1.29, 1.82) is 5.26 Å². The number of hydrogen-bond donors (Lipinski definition) is 0. The van der Waals surface area contributed by atoms with Crippen molar-refractivity contribution in [2.24, 2.45) is 5.41 Å². The van der Waals surface area contributed by atoms with Gasteiger partial charge in [-0.05, 0) is 12.8 Å². The lowest BCUT2D eigenvalue weighted by Gasteiger charge is -2.37. The van der Waals surface area contributed by atoms with E-state index < -0.39 is 18.1 Å². The predicted octanol–water partition coefficient (Wildman–Crippen LogP) is 1.78. The molecule has 2 fully saturated rings. The lowest BCUT2D eigenvalue weighted by Crippen LogP contribution is -2.53. The van der Waals surface area contributed by atoms with Crippen LogP contribution in [0.25, 0.3) is 0 Å². The lowest BCUT2D eigenvalue weighted by atomic mass is 9.86. The standard InChI is InChI=1S/C13H18F3N3O/c14-13(15,16)10-18-5-7-19(8-6-18)11(20)12(9-17)3-1-2-4-12/h1-8,10H2. The molecule has 4 nitrogen and oxygen atoms in total. The maximum absolute atomic E-state index is 12.4. The first-order valence-electron chi connectivity index (χ1n) is 6.86. The SMILES string of the molecule is N#CC1(C(=O)N2CCN(CC(F)(F)F)CC2)CCCC1. The van der Waals surface area contributed by atoms with Crippen molar-refractivity contribution in [3.63, 3.8) is 0 Å². The highest BCUT2D eigenvalue weighted by Crippen LogP contribution is 2.39. The van der Waals surface area contributed by atoms with E-state index >= 15 is 0 Å². The third kappa shape index (κ3) is 3.23. The number of nitrogens with zero attached hydrogens (tertiary/aromatic N) is 3. The Labute approximate surface area is 116 Å². The zero-order chi connectivity index (χ0) is 14.8. The monoisotopic (exact) mass is 289 g/mol. The maximum atomic E-state index is 12.4. The molecule has 1 aliphatic heterocycles. The van der Waals surface area contributed by atoms with Crippen molar-refractivity contribution in [3.8, 4) is 6.07 Å². The van der Waals surface area contributed by atoms with Gasteiger partial charge >= 0.3 is 6.18 Å². The highest BCUT2D eigenvalue weighted by molar-refractivity contribution is 5.86. The van der Waals surface area contributed by atoms with Crippen LogP contribution in [0.1, 0.15) is 25.7 Å². The van der Waals surface area contributed by atoms with Gasteiger partial charge in [-0.25, -0.2) is 0 Å². The van der Waals surface area contributed by atoms with Crippen LogP contribution in [0.2, 0.25) is 0 Å². The summed E-state index contributed by atoms with van der Waals surface area (Å²) < 4.78 is 36.9. The second-order valence-corrected chi connectivity index (χ2v) is 5.58. The summed E-state index contributed by atoms with van der Waals surface area (Å²) in [7, 11) is 0. The molecule has 1 aliphatic carbocycles. The topological polar surface area (TPSA) is 47.3 Å². The summed E-state index contributed by atoms with van der Waals surface area (Å²) in [4.78, 5) is 15.3.